The number of rotatable bonds is 18. The lowest BCUT2D eigenvalue weighted by molar-refractivity contribution is -0.302. The average molecular weight is 502 g/mol. The van der Waals surface area contributed by atoms with E-state index >= 15 is 0 Å². The number of carbonyl (C=O) groups excluding carboxylic acids is 1. The molecule has 0 aromatic heterocycles. The van der Waals surface area contributed by atoms with E-state index in [1.54, 1.807) is 13.0 Å². The Balaban J connectivity index is 2.46. The first kappa shape index (κ1) is 31.7. The minimum atomic E-state index is -1.56. The highest BCUT2D eigenvalue weighted by Gasteiger charge is 2.44. The van der Waals surface area contributed by atoms with Crippen LogP contribution in [-0.4, -0.2) is 87.5 Å². The van der Waals surface area contributed by atoms with E-state index < -0.39 is 49.5 Å². The summed E-state index contributed by atoms with van der Waals surface area (Å²) in [6.45, 7) is 3.12. The van der Waals surface area contributed by atoms with Crippen molar-refractivity contribution in [1.29, 1.82) is 0 Å². The highest BCUT2D eigenvalue weighted by Crippen LogP contribution is 2.22. The van der Waals surface area contributed by atoms with Crippen LogP contribution in [0, 0.1) is 0 Å². The topological polar surface area (TPSA) is 149 Å². The van der Waals surface area contributed by atoms with Gasteiger partial charge in [0.25, 0.3) is 0 Å². The second kappa shape index (κ2) is 18.9. The summed E-state index contributed by atoms with van der Waals surface area (Å²) in [5, 5.41) is 52.4. The number of aliphatic hydroxyl groups excluding tert-OH is 5. The molecule has 0 spiro atoms. The van der Waals surface area contributed by atoms with Gasteiger partial charge in [-0.25, -0.2) is 0 Å². The highest BCUT2D eigenvalue weighted by molar-refractivity contribution is 5.75. The van der Waals surface area contributed by atoms with Crippen LogP contribution < -0.4 is 5.32 Å². The second-order valence-electron chi connectivity index (χ2n) is 9.08. The fraction of sp³-hybridized carbons (Fsp3) is 0.808. The molecule has 9 heteroatoms. The number of ether oxygens (including phenoxy) is 2. The van der Waals surface area contributed by atoms with Gasteiger partial charge in [0.2, 0.25) is 5.91 Å². The third kappa shape index (κ3) is 12.5. The molecule has 1 aliphatic rings. The van der Waals surface area contributed by atoms with Crippen LogP contribution in [0.4, 0.5) is 0 Å². The van der Waals surface area contributed by atoms with Crippen molar-refractivity contribution in [1.82, 2.24) is 5.32 Å². The van der Waals surface area contributed by atoms with Crippen molar-refractivity contribution in [2.75, 3.05) is 13.2 Å². The van der Waals surface area contributed by atoms with Gasteiger partial charge in [-0.3, -0.25) is 4.79 Å². The van der Waals surface area contributed by atoms with Crippen molar-refractivity contribution in [3.63, 3.8) is 0 Å². The Morgan fingerprint density at radius 1 is 0.943 bits per heavy atom. The van der Waals surface area contributed by atoms with E-state index in [9.17, 15) is 30.3 Å². The van der Waals surface area contributed by atoms with Crippen molar-refractivity contribution in [3.05, 3.63) is 24.3 Å². The summed E-state index contributed by atoms with van der Waals surface area (Å²) in [6, 6.07) is -0.811. The van der Waals surface area contributed by atoms with Gasteiger partial charge in [0.1, 0.15) is 24.4 Å². The standard InChI is InChI=1S/C26H47NO8/c1-3-5-6-7-8-9-10-11-12-13-14-15-16-20(29)19(27-22(30)4-2)18-34-26-25(33)24(32)23(31)21(17-28)35-26/h11-12,15-16,19-21,23-26,28-29,31-33H,3-10,13-14,17-18H2,1-2H3,(H,27,30)/b12-11+,16-15+. The molecule has 7 atom stereocenters. The fourth-order valence-corrected chi connectivity index (χ4v) is 3.78. The highest BCUT2D eigenvalue weighted by atomic mass is 16.7. The monoisotopic (exact) mass is 501 g/mol. The van der Waals surface area contributed by atoms with E-state index in [4.69, 9.17) is 9.47 Å². The largest absolute Gasteiger partial charge is 0.394 e. The maximum Gasteiger partial charge on any atom is 0.220 e. The van der Waals surface area contributed by atoms with E-state index in [0.717, 1.165) is 19.3 Å². The van der Waals surface area contributed by atoms with Crippen molar-refractivity contribution in [2.45, 2.75) is 121 Å². The smallest absolute Gasteiger partial charge is 0.220 e. The molecule has 0 bridgehead atoms. The summed E-state index contributed by atoms with van der Waals surface area (Å²) >= 11 is 0. The number of nitrogens with one attached hydrogen (secondary N) is 1. The predicted molar refractivity (Wildman–Crippen MR) is 133 cm³/mol. The molecular weight excluding hydrogens is 454 g/mol. The molecule has 1 saturated heterocycles. The molecule has 35 heavy (non-hydrogen) atoms. The van der Waals surface area contributed by atoms with Crippen LogP contribution in [0.3, 0.4) is 0 Å². The van der Waals surface area contributed by atoms with Gasteiger partial charge in [-0.15, -0.1) is 0 Å². The molecule has 1 amide bonds. The van der Waals surface area contributed by atoms with Gasteiger partial charge >= 0.3 is 0 Å². The van der Waals surface area contributed by atoms with Crippen LogP contribution in [0.5, 0.6) is 0 Å². The van der Waals surface area contributed by atoms with E-state index in [1.165, 1.54) is 38.5 Å². The van der Waals surface area contributed by atoms with Crippen molar-refractivity contribution < 1.29 is 39.8 Å². The summed E-state index contributed by atoms with van der Waals surface area (Å²) in [5.41, 5.74) is 0. The number of amides is 1. The Morgan fingerprint density at radius 2 is 1.60 bits per heavy atom. The number of allylic oxidation sites excluding steroid dienone is 3. The third-order valence-electron chi connectivity index (χ3n) is 6.09. The Hall–Kier alpha value is -1.33. The second-order valence-corrected chi connectivity index (χ2v) is 9.08. The normalized spacial score (nSPS) is 26.9. The number of aliphatic hydroxyl groups is 5. The Bertz CT molecular complexity index is 612. The molecule has 204 valence electrons. The molecule has 1 heterocycles. The Kier molecular flexibility index (Phi) is 17.1. The summed E-state index contributed by atoms with van der Waals surface area (Å²) < 4.78 is 10.8. The molecular formula is C26H47NO8. The van der Waals surface area contributed by atoms with Gasteiger partial charge in [-0.05, 0) is 25.7 Å². The maximum atomic E-state index is 11.9. The van der Waals surface area contributed by atoms with Crippen LogP contribution in [-0.2, 0) is 14.3 Å². The summed E-state index contributed by atoms with van der Waals surface area (Å²) in [5.74, 6) is -0.280. The zero-order chi connectivity index (χ0) is 26.1. The Morgan fingerprint density at radius 3 is 2.29 bits per heavy atom. The van der Waals surface area contributed by atoms with Crippen molar-refractivity contribution in [3.8, 4) is 0 Å². The summed E-state index contributed by atoms with van der Waals surface area (Å²) in [6.07, 6.45) is 10.3. The van der Waals surface area contributed by atoms with Crippen LogP contribution >= 0.6 is 0 Å². The van der Waals surface area contributed by atoms with E-state index in [2.05, 4.69) is 24.4 Å². The molecule has 0 aromatic carbocycles. The number of hydrogen-bond donors (Lipinski definition) is 6. The average Bonchev–Trinajstić information content (AvgIpc) is 2.86. The van der Waals surface area contributed by atoms with Crippen molar-refractivity contribution in [2.24, 2.45) is 0 Å². The lowest BCUT2D eigenvalue weighted by Gasteiger charge is -2.40. The van der Waals surface area contributed by atoms with Gasteiger partial charge in [-0.1, -0.05) is 70.3 Å². The molecule has 1 aliphatic heterocycles. The molecule has 0 aromatic rings. The third-order valence-corrected chi connectivity index (χ3v) is 6.09. The molecule has 0 saturated carbocycles. The SMILES string of the molecule is CCCCCCCC/C=C/CC/C=C/C(O)C(COC1OC(CO)C(O)C(O)C1O)NC(=O)CC. The van der Waals surface area contributed by atoms with Gasteiger partial charge in [0.05, 0.1) is 25.4 Å². The minimum absolute atomic E-state index is 0.210. The molecule has 1 fully saturated rings. The van der Waals surface area contributed by atoms with E-state index in [-0.39, 0.29) is 18.9 Å². The first-order valence-corrected chi connectivity index (χ1v) is 13.1. The lowest BCUT2D eigenvalue weighted by atomic mass is 9.99. The number of hydrogen-bond acceptors (Lipinski definition) is 8. The van der Waals surface area contributed by atoms with E-state index in [0.29, 0.717) is 0 Å². The van der Waals surface area contributed by atoms with Gasteiger partial charge in [0, 0.05) is 6.42 Å². The molecule has 9 nitrogen and oxygen atoms in total. The van der Waals surface area contributed by atoms with Crippen LogP contribution in [0.1, 0.15) is 78.1 Å². The predicted octanol–water partition coefficient (Wildman–Crippen LogP) is 1.70. The van der Waals surface area contributed by atoms with Gasteiger partial charge in [0.15, 0.2) is 6.29 Å². The molecule has 0 radical (unpaired) electrons. The number of unbranched alkanes of at least 4 members (excludes halogenated alkanes) is 7. The zero-order valence-corrected chi connectivity index (χ0v) is 21.3. The quantitative estimate of drug-likeness (QED) is 0.123. The first-order chi connectivity index (χ1) is 16.8. The van der Waals surface area contributed by atoms with Crippen LogP contribution in [0.25, 0.3) is 0 Å². The van der Waals surface area contributed by atoms with Gasteiger partial charge in [-0.2, -0.15) is 0 Å². The summed E-state index contributed by atoms with van der Waals surface area (Å²) in [4.78, 5) is 11.9. The van der Waals surface area contributed by atoms with E-state index in [1.807, 2.05) is 6.08 Å². The fourth-order valence-electron chi connectivity index (χ4n) is 3.78. The minimum Gasteiger partial charge on any atom is -0.394 e. The van der Waals surface area contributed by atoms with Crippen molar-refractivity contribution >= 4 is 5.91 Å². The maximum absolute atomic E-state index is 11.9. The van der Waals surface area contributed by atoms with Gasteiger partial charge < -0.3 is 40.3 Å². The molecule has 0 aliphatic carbocycles. The molecule has 7 unspecified atom stereocenters. The summed E-state index contributed by atoms with van der Waals surface area (Å²) in [7, 11) is 0. The Labute approximate surface area is 209 Å². The van der Waals surface area contributed by atoms with Crippen LogP contribution in [0.15, 0.2) is 24.3 Å². The lowest BCUT2D eigenvalue weighted by Crippen LogP contribution is -2.60. The molecule has 1 rings (SSSR count). The number of carbonyl (C=O) groups is 1. The zero-order valence-electron chi connectivity index (χ0n) is 21.3. The molecule has 6 N–H and O–H groups in total. The van der Waals surface area contributed by atoms with Crippen LogP contribution in [0.2, 0.25) is 0 Å². The first-order valence-electron chi connectivity index (χ1n) is 13.1.